The Hall–Kier alpha value is -1.50. The molecule has 1 rings (SSSR count). The average Bonchev–Trinajstić information content (AvgIpc) is 2.35. The van der Waals surface area contributed by atoms with Crippen LogP contribution in [0.15, 0.2) is 0 Å². The molecule has 0 saturated carbocycles. The third-order valence-electron chi connectivity index (χ3n) is 3.52. The minimum absolute atomic E-state index is 0.0371. The first-order valence-electron chi connectivity index (χ1n) is 7.04. The van der Waals surface area contributed by atoms with Crippen molar-refractivity contribution in [2.45, 2.75) is 65.1 Å². The van der Waals surface area contributed by atoms with Crippen LogP contribution < -0.4 is 5.32 Å². The van der Waals surface area contributed by atoms with Crippen LogP contribution in [-0.2, 0) is 9.59 Å². The van der Waals surface area contributed by atoms with E-state index in [-0.39, 0.29) is 17.9 Å². The van der Waals surface area contributed by atoms with E-state index in [1.54, 1.807) is 4.90 Å². The number of hydrogen-bond acceptors (Lipinski definition) is 2. The second kappa shape index (κ2) is 6.60. The molecule has 2 amide bonds. The van der Waals surface area contributed by atoms with E-state index < -0.39 is 12.1 Å². The molecule has 4 nitrogen and oxygen atoms in total. The summed E-state index contributed by atoms with van der Waals surface area (Å²) in [4.78, 5) is 26.3. The molecule has 1 aliphatic heterocycles. The Morgan fingerprint density at radius 1 is 1.37 bits per heavy atom. The fourth-order valence-electron chi connectivity index (χ4n) is 2.57. The third-order valence-corrected chi connectivity index (χ3v) is 3.52. The van der Waals surface area contributed by atoms with Gasteiger partial charge in [0.25, 0.3) is 0 Å². The molecule has 0 aromatic heterocycles. The second-order valence-electron chi connectivity index (χ2n) is 5.45. The molecule has 1 N–H and O–H groups in total. The van der Waals surface area contributed by atoms with Crippen LogP contribution in [0.25, 0.3) is 0 Å². The molecule has 0 aromatic rings. The minimum atomic E-state index is -0.433. The van der Waals surface area contributed by atoms with Gasteiger partial charge in [-0.05, 0) is 25.2 Å². The van der Waals surface area contributed by atoms with Crippen LogP contribution in [0.2, 0.25) is 0 Å². The highest BCUT2D eigenvalue weighted by Gasteiger charge is 2.42. The molecule has 4 heteroatoms. The van der Waals surface area contributed by atoms with Gasteiger partial charge in [0.1, 0.15) is 12.1 Å². The van der Waals surface area contributed by atoms with Crippen molar-refractivity contribution in [3.63, 3.8) is 0 Å². The summed E-state index contributed by atoms with van der Waals surface area (Å²) in [6.07, 6.45) is 7.42. The molecule has 0 aromatic carbocycles. The van der Waals surface area contributed by atoms with Crippen LogP contribution >= 0.6 is 0 Å². The van der Waals surface area contributed by atoms with Crippen molar-refractivity contribution < 1.29 is 9.59 Å². The molecule has 0 spiro atoms. The van der Waals surface area contributed by atoms with Crippen LogP contribution in [0.1, 0.15) is 47.0 Å². The maximum atomic E-state index is 12.6. The Morgan fingerprint density at radius 3 is 2.42 bits per heavy atom. The highest BCUT2D eigenvalue weighted by atomic mass is 16.2. The summed E-state index contributed by atoms with van der Waals surface area (Å²) >= 11 is 0. The van der Waals surface area contributed by atoms with Crippen molar-refractivity contribution in [3.8, 4) is 12.3 Å². The number of piperazine rings is 1. The SMILES string of the molecule is C#CC(CC)N1C(=O)C(CC(C)C)NC(=O)C1CC. The number of nitrogens with zero attached hydrogens (tertiary/aromatic N) is 1. The molecular weight excluding hydrogens is 240 g/mol. The van der Waals surface area contributed by atoms with Gasteiger partial charge in [-0.1, -0.05) is 33.6 Å². The molecule has 1 fully saturated rings. The van der Waals surface area contributed by atoms with Crippen LogP contribution in [0.3, 0.4) is 0 Å². The zero-order valence-corrected chi connectivity index (χ0v) is 12.3. The quantitative estimate of drug-likeness (QED) is 0.766. The van der Waals surface area contributed by atoms with Crippen molar-refractivity contribution in [1.82, 2.24) is 10.2 Å². The summed E-state index contributed by atoms with van der Waals surface area (Å²) in [7, 11) is 0. The first-order valence-corrected chi connectivity index (χ1v) is 7.04. The summed E-state index contributed by atoms with van der Waals surface area (Å²) in [5.41, 5.74) is 0. The normalized spacial score (nSPS) is 25.2. The van der Waals surface area contributed by atoms with Gasteiger partial charge in [-0.15, -0.1) is 6.42 Å². The summed E-state index contributed by atoms with van der Waals surface area (Å²) in [6.45, 7) is 7.91. The number of rotatable bonds is 5. The van der Waals surface area contributed by atoms with Gasteiger partial charge in [0.05, 0.1) is 6.04 Å². The fraction of sp³-hybridized carbons (Fsp3) is 0.733. The van der Waals surface area contributed by atoms with Gasteiger partial charge in [-0.3, -0.25) is 9.59 Å². The van der Waals surface area contributed by atoms with Crippen molar-refractivity contribution in [2.75, 3.05) is 0 Å². The van der Waals surface area contributed by atoms with Gasteiger partial charge < -0.3 is 10.2 Å². The predicted octanol–water partition coefficient (Wildman–Crippen LogP) is 1.55. The molecule has 3 unspecified atom stereocenters. The summed E-state index contributed by atoms with van der Waals surface area (Å²) in [5.74, 6) is 2.86. The topological polar surface area (TPSA) is 49.4 Å². The summed E-state index contributed by atoms with van der Waals surface area (Å²) in [6, 6.07) is -1.16. The van der Waals surface area contributed by atoms with Crippen LogP contribution in [0, 0.1) is 18.3 Å². The molecule has 0 aliphatic carbocycles. The van der Waals surface area contributed by atoms with E-state index in [9.17, 15) is 9.59 Å². The lowest BCUT2D eigenvalue weighted by molar-refractivity contribution is -0.151. The fourth-order valence-corrected chi connectivity index (χ4v) is 2.57. The lowest BCUT2D eigenvalue weighted by Crippen LogP contribution is -2.65. The van der Waals surface area contributed by atoms with Crippen molar-refractivity contribution >= 4 is 11.8 Å². The highest BCUT2D eigenvalue weighted by Crippen LogP contribution is 2.21. The zero-order valence-electron chi connectivity index (χ0n) is 12.3. The molecule has 1 heterocycles. The predicted molar refractivity (Wildman–Crippen MR) is 75.2 cm³/mol. The first kappa shape index (κ1) is 15.6. The van der Waals surface area contributed by atoms with E-state index >= 15 is 0 Å². The number of hydrogen-bond donors (Lipinski definition) is 1. The zero-order chi connectivity index (χ0) is 14.6. The maximum Gasteiger partial charge on any atom is 0.246 e. The summed E-state index contributed by atoms with van der Waals surface area (Å²) in [5, 5.41) is 2.83. The molecule has 106 valence electrons. The van der Waals surface area contributed by atoms with E-state index in [1.807, 2.05) is 27.7 Å². The molecule has 1 saturated heterocycles. The number of amides is 2. The molecular formula is C15H24N2O2. The Labute approximate surface area is 115 Å². The van der Waals surface area contributed by atoms with Gasteiger partial charge in [-0.25, -0.2) is 0 Å². The minimum Gasteiger partial charge on any atom is -0.342 e. The van der Waals surface area contributed by atoms with Crippen LogP contribution in [-0.4, -0.2) is 34.8 Å². The van der Waals surface area contributed by atoms with Gasteiger partial charge >= 0.3 is 0 Å². The molecule has 1 aliphatic rings. The first-order chi connectivity index (χ1) is 8.96. The summed E-state index contributed by atoms with van der Waals surface area (Å²) < 4.78 is 0. The molecule has 0 bridgehead atoms. The molecule has 3 atom stereocenters. The Bertz CT molecular complexity index is 384. The number of carbonyl (C=O) groups is 2. The van der Waals surface area contributed by atoms with Crippen LogP contribution in [0.4, 0.5) is 0 Å². The molecule has 19 heavy (non-hydrogen) atoms. The van der Waals surface area contributed by atoms with E-state index in [4.69, 9.17) is 6.42 Å². The molecule has 0 radical (unpaired) electrons. The lowest BCUT2D eigenvalue weighted by Gasteiger charge is -2.41. The largest absolute Gasteiger partial charge is 0.342 e. The van der Waals surface area contributed by atoms with E-state index in [0.29, 0.717) is 25.2 Å². The Balaban J connectivity index is 3.02. The van der Waals surface area contributed by atoms with Crippen molar-refractivity contribution in [3.05, 3.63) is 0 Å². The van der Waals surface area contributed by atoms with Gasteiger partial charge in [0, 0.05) is 0 Å². The monoisotopic (exact) mass is 264 g/mol. The lowest BCUT2D eigenvalue weighted by atomic mass is 9.95. The number of carbonyl (C=O) groups excluding carboxylic acids is 2. The Kier molecular flexibility index (Phi) is 5.41. The van der Waals surface area contributed by atoms with Crippen LogP contribution in [0.5, 0.6) is 0 Å². The smallest absolute Gasteiger partial charge is 0.246 e. The standard InChI is InChI=1S/C15H24N2O2/c1-6-11(7-2)17-13(8-3)14(18)16-12(15(17)19)9-10(4)5/h1,10-13H,7-9H2,2-5H3,(H,16,18). The Morgan fingerprint density at radius 2 is 2.00 bits per heavy atom. The number of terminal acetylenes is 1. The third kappa shape index (κ3) is 3.28. The van der Waals surface area contributed by atoms with Crippen molar-refractivity contribution in [1.29, 1.82) is 0 Å². The van der Waals surface area contributed by atoms with Gasteiger partial charge in [0.2, 0.25) is 11.8 Å². The highest BCUT2D eigenvalue weighted by molar-refractivity contribution is 5.97. The van der Waals surface area contributed by atoms with Crippen molar-refractivity contribution in [2.24, 2.45) is 5.92 Å². The van der Waals surface area contributed by atoms with E-state index in [1.165, 1.54) is 0 Å². The average molecular weight is 264 g/mol. The number of nitrogens with one attached hydrogen (secondary N) is 1. The van der Waals surface area contributed by atoms with Gasteiger partial charge in [-0.2, -0.15) is 0 Å². The van der Waals surface area contributed by atoms with E-state index in [2.05, 4.69) is 11.2 Å². The van der Waals surface area contributed by atoms with Gasteiger partial charge in [0.15, 0.2) is 0 Å². The maximum absolute atomic E-state index is 12.6. The van der Waals surface area contributed by atoms with E-state index in [0.717, 1.165) is 0 Å². The second-order valence-corrected chi connectivity index (χ2v) is 5.45.